The minimum absolute atomic E-state index is 0.00805. The number of hydrogen-bond acceptors (Lipinski definition) is 5. The molecule has 0 spiro atoms. The van der Waals surface area contributed by atoms with Crippen LogP contribution < -0.4 is 5.32 Å². The van der Waals surface area contributed by atoms with Crippen LogP contribution in [0.3, 0.4) is 0 Å². The van der Waals surface area contributed by atoms with Crippen LogP contribution >= 0.6 is 0 Å². The zero-order valence-corrected chi connectivity index (χ0v) is 11.7. The van der Waals surface area contributed by atoms with Crippen molar-refractivity contribution in [3.8, 4) is 0 Å². The third kappa shape index (κ3) is 3.57. The Kier molecular flexibility index (Phi) is 5.71. The molecule has 0 aliphatic heterocycles. The Morgan fingerprint density at radius 2 is 1.75 bits per heavy atom. The molecule has 20 heavy (non-hydrogen) atoms. The maximum absolute atomic E-state index is 11.8. The molecule has 0 bridgehead atoms. The highest BCUT2D eigenvalue weighted by molar-refractivity contribution is 6.09. The van der Waals surface area contributed by atoms with Crippen molar-refractivity contribution in [2.75, 3.05) is 19.5 Å². The summed E-state index contributed by atoms with van der Waals surface area (Å²) in [5.41, 5.74) is 0.276. The van der Waals surface area contributed by atoms with Gasteiger partial charge in [0.25, 0.3) is 0 Å². The monoisotopic (exact) mass is 279 g/mol. The fourth-order valence-electron chi connectivity index (χ4n) is 1.70. The van der Waals surface area contributed by atoms with Crippen molar-refractivity contribution in [3.05, 3.63) is 29.3 Å². The molecular formula is C14H17NO5. The molecule has 0 aromatic heterocycles. The molecule has 0 atom stereocenters. The Hall–Kier alpha value is -2.37. The van der Waals surface area contributed by atoms with Crippen molar-refractivity contribution in [2.45, 2.75) is 19.8 Å². The zero-order valence-electron chi connectivity index (χ0n) is 11.7. The Labute approximate surface area is 117 Å². The molecule has 1 N–H and O–H groups in total. The average molecular weight is 279 g/mol. The lowest BCUT2D eigenvalue weighted by atomic mass is 10.0. The number of hydrogen-bond donors (Lipinski definition) is 1. The van der Waals surface area contributed by atoms with Gasteiger partial charge in [0.1, 0.15) is 0 Å². The number of ether oxygens (including phenoxy) is 2. The van der Waals surface area contributed by atoms with Gasteiger partial charge in [-0.15, -0.1) is 0 Å². The molecule has 0 aliphatic rings. The van der Waals surface area contributed by atoms with E-state index in [0.29, 0.717) is 12.8 Å². The second kappa shape index (κ2) is 7.28. The van der Waals surface area contributed by atoms with E-state index in [2.05, 4.69) is 14.8 Å². The second-order valence-corrected chi connectivity index (χ2v) is 4.01. The van der Waals surface area contributed by atoms with Crippen LogP contribution in [0.5, 0.6) is 0 Å². The summed E-state index contributed by atoms with van der Waals surface area (Å²) in [7, 11) is 2.42. The minimum atomic E-state index is -0.710. The van der Waals surface area contributed by atoms with Gasteiger partial charge in [-0.1, -0.05) is 13.0 Å². The molecule has 108 valence electrons. The van der Waals surface area contributed by atoms with Crippen LogP contribution in [0.1, 0.15) is 40.5 Å². The average Bonchev–Trinajstić information content (AvgIpc) is 2.45. The van der Waals surface area contributed by atoms with E-state index in [1.54, 1.807) is 6.07 Å². The van der Waals surface area contributed by atoms with Crippen molar-refractivity contribution in [1.82, 2.24) is 0 Å². The number of rotatable bonds is 5. The number of amides is 1. The first kappa shape index (κ1) is 15.7. The highest BCUT2D eigenvalue weighted by Crippen LogP contribution is 2.22. The van der Waals surface area contributed by atoms with E-state index in [9.17, 15) is 14.4 Å². The molecule has 0 fully saturated rings. The van der Waals surface area contributed by atoms with E-state index >= 15 is 0 Å². The van der Waals surface area contributed by atoms with Crippen LogP contribution in [0, 0.1) is 0 Å². The largest absolute Gasteiger partial charge is 0.465 e. The third-order valence-corrected chi connectivity index (χ3v) is 2.61. The van der Waals surface area contributed by atoms with Gasteiger partial charge in [-0.05, 0) is 18.6 Å². The number of carbonyl (C=O) groups is 3. The molecule has 6 heteroatoms. The van der Waals surface area contributed by atoms with Crippen LogP contribution in [0.15, 0.2) is 18.2 Å². The van der Waals surface area contributed by atoms with E-state index in [1.807, 2.05) is 6.92 Å². The first-order valence-corrected chi connectivity index (χ1v) is 6.14. The molecule has 6 nitrogen and oxygen atoms in total. The normalized spacial score (nSPS) is 9.75. The fraction of sp³-hybridized carbons (Fsp3) is 0.357. The summed E-state index contributed by atoms with van der Waals surface area (Å²) in [4.78, 5) is 35.2. The number of methoxy groups -OCH3 is 2. The third-order valence-electron chi connectivity index (χ3n) is 2.61. The first-order valence-electron chi connectivity index (χ1n) is 6.14. The molecule has 0 saturated carbocycles. The summed E-state index contributed by atoms with van der Waals surface area (Å²) < 4.78 is 9.28. The molecule has 0 unspecified atom stereocenters. The van der Waals surface area contributed by atoms with Crippen LogP contribution in [-0.4, -0.2) is 32.1 Å². The Morgan fingerprint density at radius 1 is 1.10 bits per heavy atom. The molecule has 1 aromatic rings. The lowest BCUT2D eigenvalue weighted by molar-refractivity contribution is -0.116. The van der Waals surface area contributed by atoms with Crippen molar-refractivity contribution in [1.29, 1.82) is 0 Å². The number of esters is 2. The van der Waals surface area contributed by atoms with Gasteiger partial charge < -0.3 is 14.8 Å². The maximum Gasteiger partial charge on any atom is 0.340 e. The van der Waals surface area contributed by atoms with E-state index in [1.165, 1.54) is 26.4 Å². The maximum atomic E-state index is 11.8. The second-order valence-electron chi connectivity index (χ2n) is 4.01. The van der Waals surface area contributed by atoms with Gasteiger partial charge in [-0.3, -0.25) is 4.79 Å². The molecule has 0 saturated heterocycles. The number of anilines is 1. The molecule has 1 aromatic carbocycles. The Bertz CT molecular complexity index is 524. The predicted octanol–water partition coefficient (Wildman–Crippen LogP) is 2.00. The standard InChI is InChI=1S/C14H17NO5/c1-4-6-11(16)15-10-8-5-7-9(13(17)19-2)12(10)14(18)20-3/h5,7-8H,4,6H2,1-3H3,(H,15,16). The van der Waals surface area contributed by atoms with Gasteiger partial charge in [-0.25, -0.2) is 9.59 Å². The number of benzene rings is 1. The summed E-state index contributed by atoms with van der Waals surface area (Å²) >= 11 is 0. The lowest BCUT2D eigenvalue weighted by Gasteiger charge is -2.12. The van der Waals surface area contributed by atoms with Crippen LogP contribution in [0.25, 0.3) is 0 Å². The van der Waals surface area contributed by atoms with Crippen molar-refractivity contribution < 1.29 is 23.9 Å². The van der Waals surface area contributed by atoms with E-state index in [0.717, 1.165) is 0 Å². The zero-order chi connectivity index (χ0) is 15.1. The van der Waals surface area contributed by atoms with Gasteiger partial charge >= 0.3 is 11.9 Å². The summed E-state index contributed by atoms with van der Waals surface area (Å²) in [5, 5.41) is 2.60. The summed E-state index contributed by atoms with van der Waals surface area (Å²) in [6.45, 7) is 1.87. The fourth-order valence-corrected chi connectivity index (χ4v) is 1.70. The highest BCUT2D eigenvalue weighted by atomic mass is 16.5. The molecular weight excluding hydrogens is 262 g/mol. The van der Waals surface area contributed by atoms with Gasteiger partial charge in [0.15, 0.2) is 0 Å². The number of nitrogens with one attached hydrogen (secondary N) is 1. The van der Waals surface area contributed by atoms with Crippen molar-refractivity contribution >= 4 is 23.5 Å². The van der Waals surface area contributed by atoms with Crippen LogP contribution in [0.2, 0.25) is 0 Å². The van der Waals surface area contributed by atoms with Gasteiger partial charge in [0.05, 0.1) is 31.0 Å². The summed E-state index contributed by atoms with van der Waals surface area (Å²) in [5.74, 6) is -1.62. The quantitative estimate of drug-likeness (QED) is 0.834. The van der Waals surface area contributed by atoms with E-state index < -0.39 is 11.9 Å². The summed E-state index contributed by atoms with van der Waals surface area (Å²) in [6.07, 6.45) is 0.999. The van der Waals surface area contributed by atoms with Crippen molar-refractivity contribution in [2.24, 2.45) is 0 Å². The van der Waals surface area contributed by atoms with E-state index in [4.69, 9.17) is 0 Å². The smallest absolute Gasteiger partial charge is 0.340 e. The van der Waals surface area contributed by atoms with Gasteiger partial charge in [-0.2, -0.15) is 0 Å². The van der Waals surface area contributed by atoms with Gasteiger partial charge in [0.2, 0.25) is 5.91 Å². The number of carbonyl (C=O) groups excluding carboxylic acids is 3. The minimum Gasteiger partial charge on any atom is -0.465 e. The highest BCUT2D eigenvalue weighted by Gasteiger charge is 2.22. The topological polar surface area (TPSA) is 81.7 Å². The molecule has 1 rings (SSSR count). The first-order chi connectivity index (χ1) is 9.54. The van der Waals surface area contributed by atoms with Gasteiger partial charge in [0, 0.05) is 6.42 Å². The molecule has 0 aliphatic carbocycles. The Morgan fingerprint density at radius 3 is 2.30 bits per heavy atom. The van der Waals surface area contributed by atoms with Crippen LogP contribution in [0.4, 0.5) is 5.69 Å². The Balaban J connectivity index is 3.26. The predicted molar refractivity (Wildman–Crippen MR) is 72.7 cm³/mol. The van der Waals surface area contributed by atoms with Crippen LogP contribution in [-0.2, 0) is 14.3 Å². The SMILES string of the molecule is CCCC(=O)Nc1cccc(C(=O)OC)c1C(=O)OC. The summed E-state index contributed by atoms with van der Waals surface area (Å²) in [6, 6.07) is 4.53. The van der Waals surface area contributed by atoms with E-state index in [-0.39, 0.29) is 22.7 Å². The molecule has 0 heterocycles. The molecule has 0 radical (unpaired) electrons. The lowest BCUT2D eigenvalue weighted by Crippen LogP contribution is -2.18. The van der Waals surface area contributed by atoms with Crippen molar-refractivity contribution in [3.63, 3.8) is 0 Å². The molecule has 1 amide bonds.